The minimum absolute atomic E-state index is 0.875. The van der Waals surface area contributed by atoms with Crippen LogP contribution in [0, 0.1) is 5.75 Å². The van der Waals surface area contributed by atoms with Crippen LogP contribution in [0.25, 0.3) is 0 Å². The first kappa shape index (κ1) is 9.35. The van der Waals surface area contributed by atoms with Gasteiger partial charge in [0.05, 0.1) is 0 Å². The van der Waals surface area contributed by atoms with Crippen molar-refractivity contribution in [2.24, 2.45) is 0 Å². The summed E-state index contributed by atoms with van der Waals surface area (Å²) in [4.78, 5) is 0. The monoisotopic (exact) mass is 145 g/mol. The molecule has 0 aliphatic carbocycles. The summed E-state index contributed by atoms with van der Waals surface area (Å²) < 4.78 is 0. The average Bonchev–Trinajstić information content (AvgIpc) is 1.88. The molecule has 0 amide bonds. The molecule has 0 saturated carbocycles. The quantitative estimate of drug-likeness (QED) is 0.570. The Kier molecular flexibility index (Phi) is 6.72. The van der Waals surface area contributed by atoms with Crippen LogP contribution >= 0.6 is 11.8 Å². The molecule has 55 valence electrons. The highest BCUT2D eigenvalue weighted by Gasteiger charge is 2.01. The highest BCUT2D eigenvalue weighted by molar-refractivity contribution is 8.01. The topological polar surface area (TPSA) is 0 Å². The first-order valence-electron chi connectivity index (χ1n) is 3.78. The van der Waals surface area contributed by atoms with E-state index in [0.29, 0.717) is 0 Å². The van der Waals surface area contributed by atoms with Crippen LogP contribution < -0.4 is 0 Å². The number of hydrogen-bond donors (Lipinski definition) is 0. The van der Waals surface area contributed by atoms with Gasteiger partial charge in [-0.05, 0) is 12.8 Å². The molecule has 1 radical (unpaired) electrons. The molecule has 9 heavy (non-hydrogen) atoms. The van der Waals surface area contributed by atoms with Crippen molar-refractivity contribution in [3.8, 4) is 0 Å². The van der Waals surface area contributed by atoms with Crippen molar-refractivity contribution in [2.45, 2.75) is 45.3 Å². The molecule has 1 unspecified atom stereocenters. The Morgan fingerprint density at radius 2 is 2.11 bits per heavy atom. The van der Waals surface area contributed by atoms with Crippen molar-refractivity contribution < 1.29 is 0 Å². The molecule has 0 rings (SSSR count). The molecule has 0 aliphatic rings. The zero-order valence-electron chi connectivity index (χ0n) is 6.68. The Morgan fingerprint density at radius 3 is 2.44 bits per heavy atom. The highest BCUT2D eigenvalue weighted by atomic mass is 32.2. The Morgan fingerprint density at radius 1 is 1.44 bits per heavy atom. The smallest absolute Gasteiger partial charge is 0.0138 e. The minimum atomic E-state index is 0.875. The predicted octanol–water partition coefficient (Wildman–Crippen LogP) is 3.48. The van der Waals surface area contributed by atoms with Crippen molar-refractivity contribution >= 4 is 11.8 Å². The number of thioether (sulfide) groups is 1. The molecule has 0 bridgehead atoms. The molecule has 0 aromatic carbocycles. The predicted molar refractivity (Wildman–Crippen MR) is 46.6 cm³/mol. The maximum atomic E-state index is 2.26. The van der Waals surface area contributed by atoms with Crippen LogP contribution in [-0.4, -0.2) is 5.25 Å². The summed E-state index contributed by atoms with van der Waals surface area (Å²) in [6, 6.07) is 0. The van der Waals surface area contributed by atoms with E-state index in [0.717, 1.165) is 5.25 Å². The van der Waals surface area contributed by atoms with E-state index in [1.165, 1.54) is 19.3 Å². The first-order chi connectivity index (χ1) is 4.35. The van der Waals surface area contributed by atoms with Crippen molar-refractivity contribution in [1.29, 1.82) is 0 Å². The lowest BCUT2D eigenvalue weighted by molar-refractivity contribution is 0.721. The van der Waals surface area contributed by atoms with Crippen LogP contribution in [0.5, 0.6) is 0 Å². The molecule has 0 aromatic rings. The molecule has 0 N–H and O–H groups in total. The second kappa shape index (κ2) is 6.47. The van der Waals surface area contributed by atoms with Crippen LogP contribution in [0.15, 0.2) is 0 Å². The molecular weight excluding hydrogens is 128 g/mol. The molecular formula is C8H17S. The van der Waals surface area contributed by atoms with Gasteiger partial charge < -0.3 is 0 Å². The van der Waals surface area contributed by atoms with Crippen LogP contribution in [0.3, 0.4) is 0 Å². The summed E-state index contributed by atoms with van der Waals surface area (Å²) >= 11 is 1.98. The van der Waals surface area contributed by atoms with E-state index in [1.54, 1.807) is 0 Å². The van der Waals surface area contributed by atoms with Gasteiger partial charge in [-0.3, -0.25) is 0 Å². The summed E-state index contributed by atoms with van der Waals surface area (Å²) in [5.74, 6) is 2.20. The molecule has 0 fully saturated rings. The molecule has 1 atom stereocenters. The first-order valence-corrected chi connectivity index (χ1v) is 4.72. The SMILES string of the molecule is C[CH]SC(CC)CCC. The lowest BCUT2D eigenvalue weighted by atomic mass is 10.2. The number of rotatable bonds is 5. The van der Waals surface area contributed by atoms with Crippen LogP contribution in [-0.2, 0) is 0 Å². The maximum Gasteiger partial charge on any atom is 0.0138 e. The van der Waals surface area contributed by atoms with E-state index in [1.807, 2.05) is 11.8 Å². The fourth-order valence-corrected chi connectivity index (χ4v) is 1.83. The van der Waals surface area contributed by atoms with Gasteiger partial charge in [0.2, 0.25) is 0 Å². The Hall–Kier alpha value is 0.350. The van der Waals surface area contributed by atoms with E-state index in [-0.39, 0.29) is 0 Å². The molecule has 0 aromatic heterocycles. The summed E-state index contributed by atoms with van der Waals surface area (Å²) in [6.07, 6.45) is 3.99. The Labute approximate surface area is 63.4 Å². The second-order valence-corrected chi connectivity index (χ2v) is 3.60. The largest absolute Gasteiger partial charge is 0.154 e. The van der Waals surface area contributed by atoms with Crippen molar-refractivity contribution in [3.05, 3.63) is 5.75 Å². The lowest BCUT2D eigenvalue weighted by Crippen LogP contribution is -1.97. The summed E-state index contributed by atoms with van der Waals surface area (Å²) in [7, 11) is 0. The van der Waals surface area contributed by atoms with Crippen LogP contribution in [0.4, 0.5) is 0 Å². The zero-order chi connectivity index (χ0) is 7.11. The lowest BCUT2D eigenvalue weighted by Gasteiger charge is -2.10. The van der Waals surface area contributed by atoms with E-state index >= 15 is 0 Å². The van der Waals surface area contributed by atoms with E-state index in [2.05, 4.69) is 26.5 Å². The maximum absolute atomic E-state index is 2.26. The van der Waals surface area contributed by atoms with Gasteiger partial charge in [0, 0.05) is 11.0 Å². The zero-order valence-corrected chi connectivity index (χ0v) is 7.50. The van der Waals surface area contributed by atoms with Gasteiger partial charge in [0.15, 0.2) is 0 Å². The standard InChI is InChI=1S/C8H17S/c1-4-7-8(5-2)9-6-3/h6,8H,4-5,7H2,1-3H3. The summed E-state index contributed by atoms with van der Waals surface area (Å²) in [5.41, 5.74) is 0. The Balaban J connectivity index is 3.18. The third-order valence-electron chi connectivity index (χ3n) is 1.39. The fourth-order valence-electron chi connectivity index (χ4n) is 0.883. The van der Waals surface area contributed by atoms with Gasteiger partial charge in [-0.1, -0.05) is 27.2 Å². The summed E-state index contributed by atoms with van der Waals surface area (Å²) in [5, 5.41) is 0.875. The molecule has 0 nitrogen and oxygen atoms in total. The molecule has 0 saturated heterocycles. The van der Waals surface area contributed by atoms with Crippen LogP contribution in [0.1, 0.15) is 40.0 Å². The van der Waals surface area contributed by atoms with Crippen molar-refractivity contribution in [3.63, 3.8) is 0 Å². The van der Waals surface area contributed by atoms with E-state index < -0.39 is 0 Å². The number of hydrogen-bond acceptors (Lipinski definition) is 1. The van der Waals surface area contributed by atoms with Gasteiger partial charge in [-0.15, -0.1) is 0 Å². The second-order valence-electron chi connectivity index (χ2n) is 2.19. The average molecular weight is 145 g/mol. The van der Waals surface area contributed by atoms with Crippen molar-refractivity contribution in [1.82, 2.24) is 0 Å². The summed E-state index contributed by atoms with van der Waals surface area (Å²) in [6.45, 7) is 6.62. The molecule has 0 heterocycles. The normalized spacial score (nSPS) is 13.7. The molecule has 0 aliphatic heterocycles. The fraction of sp³-hybridized carbons (Fsp3) is 0.875. The molecule has 0 spiro atoms. The van der Waals surface area contributed by atoms with Gasteiger partial charge in [0.1, 0.15) is 0 Å². The molecule has 1 heteroatoms. The van der Waals surface area contributed by atoms with Crippen LogP contribution in [0.2, 0.25) is 0 Å². The highest BCUT2D eigenvalue weighted by Crippen LogP contribution is 2.20. The van der Waals surface area contributed by atoms with E-state index in [9.17, 15) is 0 Å². The minimum Gasteiger partial charge on any atom is -0.154 e. The Bertz CT molecular complexity index is 46.5. The van der Waals surface area contributed by atoms with Crippen molar-refractivity contribution in [2.75, 3.05) is 0 Å². The van der Waals surface area contributed by atoms with Gasteiger partial charge in [0.25, 0.3) is 0 Å². The third kappa shape index (κ3) is 4.83. The van der Waals surface area contributed by atoms with Gasteiger partial charge in [-0.2, -0.15) is 11.8 Å². The van der Waals surface area contributed by atoms with E-state index in [4.69, 9.17) is 0 Å². The third-order valence-corrected chi connectivity index (χ3v) is 2.62. The van der Waals surface area contributed by atoms with Gasteiger partial charge >= 0.3 is 0 Å². The van der Waals surface area contributed by atoms with Gasteiger partial charge in [-0.25, -0.2) is 0 Å².